The molecule has 0 N–H and O–H groups in total. The number of aryl methyl sites for hydroxylation is 1. The molecule has 1 fully saturated rings. The van der Waals surface area contributed by atoms with E-state index in [2.05, 4.69) is 19.7 Å². The molecule has 1 unspecified atom stereocenters. The molecule has 2 aromatic rings. The first-order chi connectivity index (χ1) is 14.1. The minimum absolute atomic E-state index is 0.0138. The van der Waals surface area contributed by atoms with Gasteiger partial charge in [0.15, 0.2) is 5.82 Å². The SMILES string of the molecule is CCOC(=O)c1cc(N2CCCC2c2nnc3n2CCCCC3)ccc1[N+](=O)[O-]. The molecule has 154 valence electrons. The predicted octanol–water partition coefficient (Wildman–Crippen LogP) is 3.43. The Morgan fingerprint density at radius 1 is 1.24 bits per heavy atom. The maximum Gasteiger partial charge on any atom is 0.345 e. The molecule has 3 heterocycles. The van der Waals surface area contributed by atoms with Crippen LogP contribution >= 0.6 is 0 Å². The topological polar surface area (TPSA) is 103 Å². The van der Waals surface area contributed by atoms with Gasteiger partial charge in [0.1, 0.15) is 11.4 Å². The Morgan fingerprint density at radius 2 is 2.10 bits per heavy atom. The van der Waals surface area contributed by atoms with Crippen LogP contribution in [0, 0.1) is 10.1 Å². The molecule has 0 amide bonds. The summed E-state index contributed by atoms with van der Waals surface area (Å²) < 4.78 is 7.28. The number of rotatable bonds is 5. The van der Waals surface area contributed by atoms with Crippen LogP contribution in [0.3, 0.4) is 0 Å². The van der Waals surface area contributed by atoms with E-state index in [0.717, 1.165) is 62.5 Å². The fourth-order valence-corrected chi connectivity index (χ4v) is 4.33. The predicted molar refractivity (Wildman–Crippen MR) is 106 cm³/mol. The molecule has 4 rings (SSSR count). The van der Waals surface area contributed by atoms with Gasteiger partial charge in [-0.25, -0.2) is 4.79 Å². The number of benzene rings is 1. The summed E-state index contributed by atoms with van der Waals surface area (Å²) in [6.45, 7) is 3.57. The second kappa shape index (κ2) is 8.18. The van der Waals surface area contributed by atoms with Gasteiger partial charge in [0.2, 0.25) is 0 Å². The molecule has 1 aromatic heterocycles. The highest BCUT2D eigenvalue weighted by Gasteiger charge is 2.33. The lowest BCUT2D eigenvalue weighted by Crippen LogP contribution is -2.26. The van der Waals surface area contributed by atoms with Gasteiger partial charge < -0.3 is 14.2 Å². The van der Waals surface area contributed by atoms with Gasteiger partial charge in [-0.05, 0) is 44.7 Å². The Morgan fingerprint density at radius 3 is 2.90 bits per heavy atom. The van der Waals surface area contributed by atoms with E-state index in [1.165, 1.54) is 12.5 Å². The average molecular weight is 399 g/mol. The molecular formula is C20H25N5O4. The van der Waals surface area contributed by atoms with Gasteiger partial charge in [-0.1, -0.05) is 6.42 Å². The molecule has 0 spiro atoms. The van der Waals surface area contributed by atoms with Crippen molar-refractivity contribution in [2.24, 2.45) is 0 Å². The van der Waals surface area contributed by atoms with Crippen molar-refractivity contribution in [2.75, 3.05) is 18.1 Å². The summed E-state index contributed by atoms with van der Waals surface area (Å²) in [4.78, 5) is 25.3. The van der Waals surface area contributed by atoms with Crippen LogP contribution in [0.25, 0.3) is 0 Å². The monoisotopic (exact) mass is 399 g/mol. The number of nitro benzene ring substituents is 1. The van der Waals surface area contributed by atoms with Crippen molar-refractivity contribution < 1.29 is 14.5 Å². The Hall–Kier alpha value is -2.97. The molecule has 1 atom stereocenters. The van der Waals surface area contributed by atoms with Gasteiger partial charge in [-0.15, -0.1) is 10.2 Å². The van der Waals surface area contributed by atoms with Gasteiger partial charge in [-0.2, -0.15) is 0 Å². The number of hydrogen-bond acceptors (Lipinski definition) is 7. The van der Waals surface area contributed by atoms with Crippen LogP contribution in [0.1, 0.15) is 67.1 Å². The summed E-state index contributed by atoms with van der Waals surface area (Å²) >= 11 is 0. The van der Waals surface area contributed by atoms with Crippen LogP contribution in [-0.2, 0) is 17.7 Å². The van der Waals surface area contributed by atoms with E-state index in [4.69, 9.17) is 4.74 Å². The van der Waals surface area contributed by atoms with Gasteiger partial charge in [0, 0.05) is 31.3 Å². The van der Waals surface area contributed by atoms with Crippen molar-refractivity contribution in [1.29, 1.82) is 0 Å². The number of nitrogens with zero attached hydrogens (tertiary/aromatic N) is 5. The van der Waals surface area contributed by atoms with Crippen LogP contribution in [0.2, 0.25) is 0 Å². The van der Waals surface area contributed by atoms with E-state index in [0.29, 0.717) is 0 Å². The summed E-state index contributed by atoms with van der Waals surface area (Å²) in [6.07, 6.45) is 6.32. The van der Waals surface area contributed by atoms with Gasteiger partial charge in [-0.3, -0.25) is 10.1 Å². The highest BCUT2D eigenvalue weighted by molar-refractivity contribution is 5.95. The second-order valence-corrected chi connectivity index (χ2v) is 7.47. The number of nitro groups is 1. The van der Waals surface area contributed by atoms with Crippen molar-refractivity contribution >= 4 is 17.3 Å². The molecule has 0 aliphatic carbocycles. The number of carbonyl (C=O) groups excluding carboxylic acids is 1. The van der Waals surface area contributed by atoms with E-state index in [-0.39, 0.29) is 23.9 Å². The highest BCUT2D eigenvalue weighted by Crippen LogP contribution is 2.38. The van der Waals surface area contributed by atoms with E-state index >= 15 is 0 Å². The zero-order valence-electron chi connectivity index (χ0n) is 16.5. The van der Waals surface area contributed by atoms with Crippen molar-refractivity contribution in [3.63, 3.8) is 0 Å². The largest absolute Gasteiger partial charge is 0.462 e. The minimum atomic E-state index is -0.673. The summed E-state index contributed by atoms with van der Waals surface area (Å²) in [7, 11) is 0. The van der Waals surface area contributed by atoms with Gasteiger partial charge in [0.05, 0.1) is 17.6 Å². The lowest BCUT2D eigenvalue weighted by atomic mass is 10.1. The Kier molecular flexibility index (Phi) is 5.46. The zero-order chi connectivity index (χ0) is 20.4. The second-order valence-electron chi connectivity index (χ2n) is 7.47. The number of carbonyl (C=O) groups is 1. The van der Waals surface area contributed by atoms with E-state index in [9.17, 15) is 14.9 Å². The molecule has 29 heavy (non-hydrogen) atoms. The molecule has 9 heteroatoms. The standard InChI is InChI=1S/C20H25N5O4/c1-2-29-20(26)15-13-14(9-10-16(15)25(27)28)23-12-6-7-17(23)19-22-21-18-8-4-3-5-11-24(18)19/h9-10,13,17H,2-8,11-12H2,1H3. The Bertz CT molecular complexity index is 926. The number of ether oxygens (including phenoxy) is 1. The Balaban J connectivity index is 1.69. The fourth-order valence-electron chi connectivity index (χ4n) is 4.33. The van der Waals surface area contributed by atoms with Crippen LogP contribution in [-0.4, -0.2) is 38.8 Å². The summed E-state index contributed by atoms with van der Waals surface area (Å²) in [5.74, 6) is 1.32. The molecule has 0 saturated carbocycles. The third-order valence-electron chi connectivity index (χ3n) is 5.69. The maximum absolute atomic E-state index is 12.3. The molecule has 2 aliphatic heterocycles. The first-order valence-corrected chi connectivity index (χ1v) is 10.2. The molecular weight excluding hydrogens is 374 g/mol. The molecule has 1 saturated heterocycles. The van der Waals surface area contributed by atoms with Crippen LogP contribution in [0.5, 0.6) is 0 Å². The third kappa shape index (κ3) is 3.68. The number of anilines is 1. The first-order valence-electron chi connectivity index (χ1n) is 10.2. The summed E-state index contributed by atoms with van der Waals surface area (Å²) in [5.41, 5.74) is 0.520. The number of fused-ring (bicyclic) bond motifs is 1. The van der Waals surface area contributed by atoms with Crippen molar-refractivity contribution in [3.8, 4) is 0 Å². The quantitative estimate of drug-likeness (QED) is 0.431. The molecule has 2 aliphatic rings. The van der Waals surface area contributed by atoms with Crippen LogP contribution in [0.15, 0.2) is 18.2 Å². The van der Waals surface area contributed by atoms with Crippen molar-refractivity contribution in [3.05, 3.63) is 45.5 Å². The fraction of sp³-hybridized carbons (Fsp3) is 0.550. The maximum atomic E-state index is 12.3. The third-order valence-corrected chi connectivity index (χ3v) is 5.69. The smallest absolute Gasteiger partial charge is 0.345 e. The zero-order valence-corrected chi connectivity index (χ0v) is 16.5. The molecule has 0 bridgehead atoms. The van der Waals surface area contributed by atoms with Crippen LogP contribution in [0.4, 0.5) is 11.4 Å². The first kappa shape index (κ1) is 19.4. The lowest BCUT2D eigenvalue weighted by molar-refractivity contribution is -0.385. The summed E-state index contributed by atoms with van der Waals surface area (Å²) in [5, 5.41) is 20.3. The van der Waals surface area contributed by atoms with Gasteiger partial charge in [0.25, 0.3) is 5.69 Å². The molecule has 0 radical (unpaired) electrons. The number of hydrogen-bond donors (Lipinski definition) is 0. The molecule has 1 aromatic carbocycles. The average Bonchev–Trinajstić information content (AvgIpc) is 3.28. The van der Waals surface area contributed by atoms with Gasteiger partial charge >= 0.3 is 5.97 Å². The van der Waals surface area contributed by atoms with Crippen LogP contribution < -0.4 is 4.90 Å². The minimum Gasteiger partial charge on any atom is -0.462 e. The number of aromatic nitrogens is 3. The Labute approximate surface area is 168 Å². The molecule has 9 nitrogen and oxygen atoms in total. The number of esters is 1. The van der Waals surface area contributed by atoms with E-state index < -0.39 is 10.9 Å². The normalized spacial score (nSPS) is 18.9. The van der Waals surface area contributed by atoms with Crippen molar-refractivity contribution in [1.82, 2.24) is 14.8 Å². The van der Waals surface area contributed by atoms with E-state index in [1.807, 2.05) is 0 Å². The lowest BCUT2D eigenvalue weighted by Gasteiger charge is -2.27. The highest BCUT2D eigenvalue weighted by atomic mass is 16.6. The van der Waals surface area contributed by atoms with E-state index in [1.54, 1.807) is 19.1 Å². The summed E-state index contributed by atoms with van der Waals surface area (Å²) in [6, 6.07) is 4.72. The van der Waals surface area contributed by atoms with Crippen molar-refractivity contribution in [2.45, 2.75) is 58.0 Å².